The fourth-order valence-electron chi connectivity index (χ4n) is 3.15. The van der Waals surface area contributed by atoms with Gasteiger partial charge in [-0.1, -0.05) is 29.4 Å². The highest BCUT2D eigenvalue weighted by Crippen LogP contribution is 2.36. The van der Waals surface area contributed by atoms with Crippen molar-refractivity contribution in [3.8, 4) is 0 Å². The highest BCUT2D eigenvalue weighted by atomic mass is 16.6. The van der Waals surface area contributed by atoms with Crippen molar-refractivity contribution in [2.24, 2.45) is 5.92 Å². The van der Waals surface area contributed by atoms with Crippen LogP contribution in [-0.4, -0.2) is 24.1 Å². The Morgan fingerprint density at radius 3 is 2.71 bits per heavy atom. The van der Waals surface area contributed by atoms with Gasteiger partial charge >= 0.3 is 11.9 Å². The summed E-state index contributed by atoms with van der Waals surface area (Å²) in [6, 6.07) is 0. The lowest BCUT2D eigenvalue weighted by Crippen LogP contribution is -2.32. The largest absolute Gasteiger partial charge is 0.458 e. The minimum Gasteiger partial charge on any atom is -0.458 e. The molecule has 0 N–H and O–H groups in total. The predicted octanol–water partition coefficient (Wildman–Crippen LogP) is 4.04. The summed E-state index contributed by atoms with van der Waals surface area (Å²) in [7, 11) is 0. The molecule has 1 fully saturated rings. The quantitative estimate of drug-likeness (QED) is 0.436. The third kappa shape index (κ3) is 4.47. The molecule has 0 saturated carbocycles. The van der Waals surface area contributed by atoms with Crippen LogP contribution in [0.2, 0.25) is 0 Å². The van der Waals surface area contributed by atoms with Crippen molar-refractivity contribution in [3.63, 3.8) is 0 Å². The first-order valence-corrected chi connectivity index (χ1v) is 8.36. The molecule has 0 aromatic carbocycles. The van der Waals surface area contributed by atoms with Crippen molar-refractivity contribution >= 4 is 11.9 Å². The van der Waals surface area contributed by atoms with E-state index in [4.69, 9.17) is 9.47 Å². The van der Waals surface area contributed by atoms with Crippen molar-refractivity contribution in [2.75, 3.05) is 0 Å². The Morgan fingerprint density at radius 1 is 1.33 bits per heavy atom. The Morgan fingerprint density at radius 2 is 2.04 bits per heavy atom. The van der Waals surface area contributed by atoms with Gasteiger partial charge in [0.1, 0.15) is 12.2 Å². The summed E-state index contributed by atoms with van der Waals surface area (Å²) in [5.41, 5.74) is 3.55. The van der Waals surface area contributed by atoms with Crippen LogP contribution in [0.15, 0.2) is 47.1 Å². The maximum Gasteiger partial charge on any atom is 0.334 e. The fourth-order valence-corrected chi connectivity index (χ4v) is 3.15. The van der Waals surface area contributed by atoms with Crippen molar-refractivity contribution in [2.45, 2.75) is 59.2 Å². The van der Waals surface area contributed by atoms with Crippen LogP contribution in [0.3, 0.4) is 0 Å². The third-order valence-corrected chi connectivity index (χ3v) is 4.34. The summed E-state index contributed by atoms with van der Waals surface area (Å²) < 4.78 is 11.2. The summed E-state index contributed by atoms with van der Waals surface area (Å²) in [6.07, 6.45) is 7.16. The molecule has 4 heteroatoms. The zero-order valence-electron chi connectivity index (χ0n) is 14.9. The van der Waals surface area contributed by atoms with Crippen molar-refractivity contribution in [1.82, 2.24) is 0 Å². The average Bonchev–Trinajstić information content (AvgIpc) is 2.71. The Labute approximate surface area is 143 Å². The first kappa shape index (κ1) is 18.2. The zero-order chi connectivity index (χ0) is 17.9. The maximum atomic E-state index is 12.1. The van der Waals surface area contributed by atoms with Crippen molar-refractivity contribution < 1.29 is 19.1 Å². The summed E-state index contributed by atoms with van der Waals surface area (Å²) in [4.78, 5) is 24.1. The summed E-state index contributed by atoms with van der Waals surface area (Å²) >= 11 is 0. The van der Waals surface area contributed by atoms with Gasteiger partial charge in [-0.2, -0.15) is 0 Å². The number of allylic oxidation sites excluding steroid dienone is 3. The number of rotatable bonds is 2. The van der Waals surface area contributed by atoms with E-state index in [1.807, 2.05) is 33.8 Å². The number of esters is 2. The molecule has 0 spiro atoms. The normalized spacial score (nSPS) is 27.4. The molecular formula is C20H26O4. The van der Waals surface area contributed by atoms with E-state index in [9.17, 15) is 9.59 Å². The number of carbonyl (C=O) groups is 2. The maximum absolute atomic E-state index is 12.1. The van der Waals surface area contributed by atoms with E-state index in [-0.39, 0.29) is 12.0 Å². The first-order chi connectivity index (χ1) is 11.3. The SMILES string of the molecule is C=C1C(=O)OC2CC(C)=CCCC(C)=CC(OC(=O)C=C(C)C)C12. The molecule has 0 aromatic heterocycles. The molecule has 0 radical (unpaired) electrons. The van der Waals surface area contributed by atoms with E-state index in [1.54, 1.807) is 0 Å². The lowest BCUT2D eigenvalue weighted by atomic mass is 9.85. The highest BCUT2D eigenvalue weighted by Gasteiger charge is 2.44. The summed E-state index contributed by atoms with van der Waals surface area (Å²) in [5.74, 6) is -1.14. The standard InChI is InChI=1S/C20H26O4/c1-12(2)9-18(21)23-16-10-13(3)7-6-8-14(4)11-17-19(16)15(5)20(22)24-17/h8-10,16-17,19H,5-7,11H2,1-4H3. The van der Waals surface area contributed by atoms with E-state index in [1.165, 1.54) is 11.6 Å². The molecule has 1 heterocycles. The molecule has 24 heavy (non-hydrogen) atoms. The van der Waals surface area contributed by atoms with Crippen LogP contribution in [0.5, 0.6) is 0 Å². The molecule has 3 unspecified atom stereocenters. The number of fused-ring (bicyclic) bond motifs is 1. The molecule has 3 atom stereocenters. The molecule has 1 saturated heterocycles. The van der Waals surface area contributed by atoms with Crippen LogP contribution in [-0.2, 0) is 19.1 Å². The average molecular weight is 330 g/mol. The predicted molar refractivity (Wildman–Crippen MR) is 93.2 cm³/mol. The fraction of sp³-hybridized carbons (Fsp3) is 0.500. The molecule has 2 rings (SSSR count). The van der Waals surface area contributed by atoms with Crippen LogP contribution in [0.1, 0.15) is 47.0 Å². The van der Waals surface area contributed by atoms with Gasteiger partial charge in [-0.25, -0.2) is 9.59 Å². The van der Waals surface area contributed by atoms with Crippen LogP contribution in [0.25, 0.3) is 0 Å². The van der Waals surface area contributed by atoms with Gasteiger partial charge in [-0.05, 0) is 46.6 Å². The molecule has 130 valence electrons. The van der Waals surface area contributed by atoms with E-state index in [0.717, 1.165) is 24.0 Å². The Kier molecular flexibility index (Phi) is 5.81. The van der Waals surface area contributed by atoms with Crippen LogP contribution in [0.4, 0.5) is 0 Å². The Balaban J connectivity index is 2.36. The topological polar surface area (TPSA) is 52.6 Å². The molecule has 1 aliphatic heterocycles. The molecular weight excluding hydrogens is 304 g/mol. The Bertz CT molecular complexity index is 632. The molecule has 1 aliphatic carbocycles. The minimum atomic E-state index is -0.539. The third-order valence-electron chi connectivity index (χ3n) is 4.34. The molecule has 0 aromatic rings. The smallest absolute Gasteiger partial charge is 0.334 e. The van der Waals surface area contributed by atoms with Crippen LogP contribution in [0, 0.1) is 5.92 Å². The van der Waals surface area contributed by atoms with E-state index >= 15 is 0 Å². The minimum absolute atomic E-state index is 0.340. The van der Waals surface area contributed by atoms with E-state index < -0.39 is 18.0 Å². The van der Waals surface area contributed by atoms with Crippen molar-refractivity contribution in [1.29, 1.82) is 0 Å². The highest BCUT2D eigenvalue weighted by molar-refractivity contribution is 5.91. The second-order valence-electron chi connectivity index (χ2n) is 6.92. The van der Waals surface area contributed by atoms with E-state index in [0.29, 0.717) is 12.0 Å². The first-order valence-electron chi connectivity index (χ1n) is 8.36. The van der Waals surface area contributed by atoms with Gasteiger partial charge in [0.2, 0.25) is 0 Å². The van der Waals surface area contributed by atoms with Gasteiger partial charge in [0, 0.05) is 18.1 Å². The zero-order valence-corrected chi connectivity index (χ0v) is 14.9. The van der Waals surface area contributed by atoms with Gasteiger partial charge in [0.25, 0.3) is 0 Å². The summed E-state index contributed by atoms with van der Waals surface area (Å²) in [6.45, 7) is 11.6. The monoisotopic (exact) mass is 330 g/mol. The van der Waals surface area contributed by atoms with Gasteiger partial charge in [-0.15, -0.1) is 0 Å². The van der Waals surface area contributed by atoms with E-state index in [2.05, 4.69) is 12.7 Å². The molecule has 0 amide bonds. The lowest BCUT2D eigenvalue weighted by molar-refractivity contribution is -0.144. The van der Waals surface area contributed by atoms with Crippen LogP contribution < -0.4 is 0 Å². The second-order valence-corrected chi connectivity index (χ2v) is 6.92. The molecule has 2 aliphatic rings. The molecule has 0 bridgehead atoms. The second kappa shape index (κ2) is 7.65. The summed E-state index contributed by atoms with van der Waals surface area (Å²) in [5, 5.41) is 0. The number of ether oxygens (including phenoxy) is 2. The number of hydrogen-bond acceptors (Lipinski definition) is 4. The number of carbonyl (C=O) groups excluding carboxylic acids is 2. The van der Waals surface area contributed by atoms with Gasteiger partial charge < -0.3 is 9.47 Å². The van der Waals surface area contributed by atoms with Crippen molar-refractivity contribution in [3.05, 3.63) is 47.1 Å². The number of hydrogen-bond donors (Lipinski definition) is 0. The van der Waals surface area contributed by atoms with Gasteiger partial charge in [0.05, 0.1) is 5.92 Å². The van der Waals surface area contributed by atoms with Crippen LogP contribution >= 0.6 is 0 Å². The van der Waals surface area contributed by atoms with Gasteiger partial charge in [-0.3, -0.25) is 0 Å². The Hall–Kier alpha value is -2.10. The van der Waals surface area contributed by atoms with Gasteiger partial charge in [0.15, 0.2) is 0 Å². The lowest BCUT2D eigenvalue weighted by Gasteiger charge is -2.26. The molecule has 4 nitrogen and oxygen atoms in total.